The van der Waals surface area contributed by atoms with Crippen LogP contribution in [0.5, 0.6) is 0 Å². The monoisotopic (exact) mass is 218 g/mol. The summed E-state index contributed by atoms with van der Waals surface area (Å²) in [4.78, 5) is 11.5. The molecule has 1 aliphatic rings. The number of hydrogen-bond acceptors (Lipinski definition) is 2. The number of amides is 1. The summed E-state index contributed by atoms with van der Waals surface area (Å²) in [5, 5.41) is 1.99. The van der Waals surface area contributed by atoms with E-state index in [1.54, 1.807) is 0 Å². The largest absolute Gasteiger partial charge is 0.282 e. The highest BCUT2D eigenvalue weighted by atomic mass is 16.2. The van der Waals surface area contributed by atoms with Crippen LogP contribution in [0.4, 0.5) is 5.69 Å². The van der Waals surface area contributed by atoms with Gasteiger partial charge in [0.05, 0.1) is 11.7 Å². The van der Waals surface area contributed by atoms with Crippen molar-refractivity contribution in [3.8, 4) is 0 Å². The van der Waals surface area contributed by atoms with Gasteiger partial charge in [-0.05, 0) is 18.6 Å². The normalized spacial score (nSPS) is 23.1. The molecule has 0 radical (unpaired) electrons. The van der Waals surface area contributed by atoms with Gasteiger partial charge in [-0.2, -0.15) is 0 Å². The average Bonchev–Trinajstić information content (AvgIpc) is 2.55. The Bertz CT molecular complexity index is 403. The molecule has 2 atom stereocenters. The molecule has 1 aromatic rings. The molecule has 16 heavy (non-hydrogen) atoms. The third-order valence-electron chi connectivity index (χ3n) is 3.38. The third-order valence-corrected chi connectivity index (χ3v) is 3.38. The maximum absolute atomic E-state index is 11.5. The molecule has 2 rings (SSSR count). The Morgan fingerprint density at radius 3 is 2.75 bits per heavy atom. The summed E-state index contributed by atoms with van der Waals surface area (Å²) in [6.07, 6.45) is 0.514. The number of anilines is 1. The number of nitrogens with zero attached hydrogens (tertiary/aromatic N) is 1. The van der Waals surface area contributed by atoms with E-state index in [0.717, 1.165) is 5.69 Å². The molecular weight excluding hydrogens is 200 g/mol. The van der Waals surface area contributed by atoms with E-state index in [0.29, 0.717) is 18.4 Å². The first-order valence-electron chi connectivity index (χ1n) is 5.82. The smallest absolute Gasteiger partial charge is 0.238 e. The van der Waals surface area contributed by atoms with E-state index in [1.165, 1.54) is 5.56 Å². The van der Waals surface area contributed by atoms with Crippen molar-refractivity contribution < 1.29 is 4.79 Å². The first-order chi connectivity index (χ1) is 7.65. The standard InChI is InChI=1S/C13H18N2O/c1-4-13(16)14-15-10(3)9(2)11-7-5-6-8-12(11)15/h5-10H,4H2,1-3H3,(H,14,16)/t9-,10+/m1/s1. The molecule has 0 unspecified atom stereocenters. The van der Waals surface area contributed by atoms with Crippen molar-refractivity contribution in [1.29, 1.82) is 0 Å². The van der Waals surface area contributed by atoms with E-state index < -0.39 is 0 Å². The Kier molecular flexibility index (Phi) is 2.86. The molecular formula is C13H18N2O. The molecule has 1 N–H and O–H groups in total. The zero-order valence-corrected chi connectivity index (χ0v) is 10.0. The highest BCUT2D eigenvalue weighted by Crippen LogP contribution is 2.38. The minimum atomic E-state index is 0.0655. The lowest BCUT2D eigenvalue weighted by molar-refractivity contribution is -0.121. The molecule has 0 saturated carbocycles. The summed E-state index contributed by atoms with van der Waals surface area (Å²) in [5.74, 6) is 0.518. The summed E-state index contributed by atoms with van der Waals surface area (Å²) < 4.78 is 0. The Hall–Kier alpha value is -1.51. The number of fused-ring (bicyclic) bond motifs is 1. The number of hydrogen-bond donors (Lipinski definition) is 1. The predicted octanol–water partition coefficient (Wildman–Crippen LogP) is 2.44. The number of benzene rings is 1. The molecule has 1 amide bonds. The molecule has 0 spiro atoms. The fourth-order valence-electron chi connectivity index (χ4n) is 2.17. The van der Waals surface area contributed by atoms with Crippen LogP contribution in [-0.4, -0.2) is 11.9 Å². The van der Waals surface area contributed by atoms with E-state index in [1.807, 2.05) is 24.1 Å². The lowest BCUT2D eigenvalue weighted by Crippen LogP contribution is -2.46. The van der Waals surface area contributed by atoms with Gasteiger partial charge in [0.15, 0.2) is 0 Å². The molecule has 3 nitrogen and oxygen atoms in total. The molecule has 0 aromatic heterocycles. The van der Waals surface area contributed by atoms with E-state index in [4.69, 9.17) is 0 Å². The molecule has 1 aromatic carbocycles. The van der Waals surface area contributed by atoms with Gasteiger partial charge in [0, 0.05) is 12.3 Å². The maximum Gasteiger partial charge on any atom is 0.238 e. The van der Waals surface area contributed by atoms with Gasteiger partial charge in [-0.15, -0.1) is 0 Å². The van der Waals surface area contributed by atoms with Crippen molar-refractivity contribution in [2.24, 2.45) is 0 Å². The highest BCUT2D eigenvalue weighted by molar-refractivity contribution is 5.79. The van der Waals surface area contributed by atoms with Gasteiger partial charge >= 0.3 is 0 Å². The van der Waals surface area contributed by atoms with E-state index in [9.17, 15) is 4.79 Å². The van der Waals surface area contributed by atoms with Crippen LogP contribution in [0, 0.1) is 0 Å². The Morgan fingerprint density at radius 2 is 2.06 bits per heavy atom. The van der Waals surface area contributed by atoms with Gasteiger partial charge < -0.3 is 0 Å². The number of nitrogens with one attached hydrogen (secondary N) is 1. The van der Waals surface area contributed by atoms with Crippen molar-refractivity contribution in [3.05, 3.63) is 29.8 Å². The first kappa shape index (κ1) is 11.0. The quantitative estimate of drug-likeness (QED) is 0.827. The van der Waals surface area contributed by atoms with Crippen molar-refractivity contribution in [3.63, 3.8) is 0 Å². The lowest BCUT2D eigenvalue weighted by atomic mass is 9.99. The van der Waals surface area contributed by atoms with Crippen molar-refractivity contribution in [1.82, 2.24) is 5.43 Å². The number of para-hydroxylation sites is 1. The summed E-state index contributed by atoms with van der Waals surface area (Å²) >= 11 is 0. The van der Waals surface area contributed by atoms with Gasteiger partial charge in [0.25, 0.3) is 0 Å². The van der Waals surface area contributed by atoms with Crippen molar-refractivity contribution >= 4 is 11.6 Å². The minimum absolute atomic E-state index is 0.0655. The first-order valence-corrected chi connectivity index (χ1v) is 5.82. The van der Waals surface area contributed by atoms with E-state index in [-0.39, 0.29) is 5.91 Å². The van der Waals surface area contributed by atoms with Crippen LogP contribution < -0.4 is 10.4 Å². The summed E-state index contributed by atoms with van der Waals surface area (Å²) in [5.41, 5.74) is 5.40. The minimum Gasteiger partial charge on any atom is -0.282 e. The van der Waals surface area contributed by atoms with Crippen LogP contribution in [-0.2, 0) is 4.79 Å². The highest BCUT2D eigenvalue weighted by Gasteiger charge is 2.32. The van der Waals surface area contributed by atoms with Gasteiger partial charge in [0.2, 0.25) is 5.91 Å². The third kappa shape index (κ3) is 1.66. The second kappa shape index (κ2) is 4.16. The lowest BCUT2D eigenvalue weighted by Gasteiger charge is -2.26. The summed E-state index contributed by atoms with van der Waals surface area (Å²) in [6, 6.07) is 8.56. The molecule has 0 saturated heterocycles. The van der Waals surface area contributed by atoms with Gasteiger partial charge in [-0.25, -0.2) is 0 Å². The van der Waals surface area contributed by atoms with Crippen LogP contribution in [0.25, 0.3) is 0 Å². The van der Waals surface area contributed by atoms with Crippen LogP contribution in [0.15, 0.2) is 24.3 Å². The fourth-order valence-corrected chi connectivity index (χ4v) is 2.17. The van der Waals surface area contributed by atoms with E-state index in [2.05, 4.69) is 31.4 Å². The predicted molar refractivity (Wildman–Crippen MR) is 65.2 cm³/mol. The molecule has 0 aliphatic carbocycles. The Labute approximate surface area is 96.4 Å². The van der Waals surface area contributed by atoms with Gasteiger partial charge in [0.1, 0.15) is 0 Å². The molecule has 0 bridgehead atoms. The van der Waals surface area contributed by atoms with Gasteiger partial charge in [-0.3, -0.25) is 15.2 Å². The molecule has 1 heterocycles. The van der Waals surface area contributed by atoms with E-state index >= 15 is 0 Å². The fraction of sp³-hybridized carbons (Fsp3) is 0.462. The SMILES string of the molecule is CCC(=O)NN1c2ccccc2[C@H](C)[C@@H]1C. The Balaban J connectivity index is 2.30. The van der Waals surface area contributed by atoms with Crippen molar-refractivity contribution in [2.75, 3.05) is 5.01 Å². The van der Waals surface area contributed by atoms with Crippen molar-refractivity contribution in [2.45, 2.75) is 39.2 Å². The molecule has 0 fully saturated rings. The average molecular weight is 218 g/mol. The zero-order chi connectivity index (χ0) is 11.7. The molecule has 1 aliphatic heterocycles. The second-order valence-corrected chi connectivity index (χ2v) is 4.35. The molecule has 3 heteroatoms. The second-order valence-electron chi connectivity index (χ2n) is 4.35. The van der Waals surface area contributed by atoms with Crippen LogP contribution in [0.2, 0.25) is 0 Å². The number of carbonyl (C=O) groups excluding carboxylic acids is 1. The van der Waals surface area contributed by atoms with Crippen LogP contribution in [0.1, 0.15) is 38.7 Å². The summed E-state index contributed by atoms with van der Waals surface area (Å²) in [7, 11) is 0. The number of carbonyl (C=O) groups is 1. The van der Waals surface area contributed by atoms with Crippen LogP contribution in [0.3, 0.4) is 0 Å². The number of rotatable bonds is 2. The molecule has 86 valence electrons. The van der Waals surface area contributed by atoms with Crippen LogP contribution >= 0.6 is 0 Å². The Morgan fingerprint density at radius 1 is 1.38 bits per heavy atom. The maximum atomic E-state index is 11.5. The topological polar surface area (TPSA) is 32.3 Å². The zero-order valence-electron chi connectivity index (χ0n) is 10.0. The summed E-state index contributed by atoms with van der Waals surface area (Å²) in [6.45, 7) is 6.20. The number of hydrazine groups is 1. The van der Waals surface area contributed by atoms with Gasteiger partial charge in [-0.1, -0.05) is 32.0 Å².